The number of benzene rings is 1. The van der Waals surface area contributed by atoms with Crippen LogP contribution in [0.1, 0.15) is 31.6 Å². The van der Waals surface area contributed by atoms with E-state index >= 15 is 0 Å². The Morgan fingerprint density at radius 3 is 2.82 bits per heavy atom. The van der Waals surface area contributed by atoms with Crippen molar-refractivity contribution in [3.05, 3.63) is 29.8 Å². The molecule has 2 fully saturated rings. The molecule has 2 aliphatic rings. The molecule has 3 rings (SSSR count). The molecule has 22 heavy (non-hydrogen) atoms. The molecule has 2 saturated heterocycles. The van der Waals surface area contributed by atoms with Crippen LogP contribution in [0.2, 0.25) is 0 Å². The van der Waals surface area contributed by atoms with Gasteiger partial charge in [-0.1, -0.05) is 18.2 Å². The van der Waals surface area contributed by atoms with Gasteiger partial charge < -0.3 is 10.1 Å². The molecule has 3 N–H and O–H groups in total. The summed E-state index contributed by atoms with van der Waals surface area (Å²) in [6.45, 7) is 6.22. The second-order valence-electron chi connectivity index (χ2n) is 6.14. The van der Waals surface area contributed by atoms with Gasteiger partial charge in [0.15, 0.2) is 0 Å². The second-order valence-corrected chi connectivity index (χ2v) is 7.27. The number of rotatable bonds is 3. The van der Waals surface area contributed by atoms with E-state index in [1.54, 1.807) is 11.8 Å². The third-order valence-corrected chi connectivity index (χ3v) is 5.43. The molecule has 4 unspecified atom stereocenters. The van der Waals surface area contributed by atoms with Crippen molar-refractivity contribution in [2.75, 3.05) is 5.75 Å². The monoisotopic (exact) mass is 321 g/mol. The highest BCUT2D eigenvalue weighted by Gasteiger charge is 2.43. The highest BCUT2D eigenvalue weighted by molar-refractivity contribution is 8.00. The highest BCUT2D eigenvalue weighted by atomic mass is 32.2. The van der Waals surface area contributed by atoms with Crippen molar-refractivity contribution in [1.29, 1.82) is 0 Å². The standard InChI is InChI=1S/C16H23N3O2S/c1-9(2)21-12-7-5-4-6-11(12)15-14-10(3)18-19-16(14)17-13(20)8-22-15/h4-7,9-10,14-16,18-19H,8H2,1-3H3,(H,17,20). The Morgan fingerprint density at radius 1 is 1.27 bits per heavy atom. The van der Waals surface area contributed by atoms with E-state index in [9.17, 15) is 4.79 Å². The van der Waals surface area contributed by atoms with Gasteiger partial charge in [0.2, 0.25) is 5.91 Å². The van der Waals surface area contributed by atoms with Gasteiger partial charge in [-0.15, -0.1) is 11.8 Å². The van der Waals surface area contributed by atoms with Crippen LogP contribution < -0.4 is 20.9 Å². The van der Waals surface area contributed by atoms with Gasteiger partial charge in [-0.25, -0.2) is 5.43 Å². The molecule has 2 aliphatic heterocycles. The molecule has 1 aromatic carbocycles. The third-order valence-electron chi connectivity index (χ3n) is 4.08. The minimum absolute atomic E-state index is 0.0467. The lowest BCUT2D eigenvalue weighted by Gasteiger charge is -2.28. The lowest BCUT2D eigenvalue weighted by Crippen LogP contribution is -2.46. The van der Waals surface area contributed by atoms with Crippen molar-refractivity contribution in [3.63, 3.8) is 0 Å². The Kier molecular flexibility index (Phi) is 4.61. The summed E-state index contributed by atoms with van der Waals surface area (Å²) < 4.78 is 5.99. The molecule has 0 aliphatic carbocycles. The van der Waals surface area contributed by atoms with Crippen LogP contribution in [0.3, 0.4) is 0 Å². The first-order chi connectivity index (χ1) is 10.6. The van der Waals surface area contributed by atoms with Crippen LogP contribution in [-0.2, 0) is 4.79 Å². The second kappa shape index (κ2) is 6.48. The molecule has 6 heteroatoms. The van der Waals surface area contributed by atoms with Crippen LogP contribution in [0, 0.1) is 5.92 Å². The number of hydrazine groups is 1. The summed E-state index contributed by atoms with van der Waals surface area (Å²) in [7, 11) is 0. The fourth-order valence-corrected chi connectivity index (χ4v) is 4.54. The maximum absolute atomic E-state index is 11.9. The minimum atomic E-state index is -0.0467. The maximum Gasteiger partial charge on any atom is 0.231 e. The molecular formula is C16H23N3O2S. The van der Waals surface area contributed by atoms with Crippen molar-refractivity contribution < 1.29 is 9.53 Å². The van der Waals surface area contributed by atoms with Crippen LogP contribution in [0.4, 0.5) is 0 Å². The fraction of sp³-hybridized carbons (Fsp3) is 0.562. The average molecular weight is 321 g/mol. The van der Waals surface area contributed by atoms with Crippen LogP contribution in [0.25, 0.3) is 0 Å². The van der Waals surface area contributed by atoms with Crippen LogP contribution in [0.15, 0.2) is 24.3 Å². The van der Waals surface area contributed by atoms with Gasteiger partial charge in [0.25, 0.3) is 0 Å². The minimum Gasteiger partial charge on any atom is -0.491 e. The zero-order valence-electron chi connectivity index (χ0n) is 13.1. The smallest absolute Gasteiger partial charge is 0.231 e. The molecule has 0 spiro atoms. The van der Waals surface area contributed by atoms with Crippen molar-refractivity contribution in [2.24, 2.45) is 5.92 Å². The number of thioether (sulfide) groups is 1. The first-order valence-corrected chi connectivity index (χ1v) is 8.78. The zero-order chi connectivity index (χ0) is 15.7. The molecule has 4 atom stereocenters. The quantitative estimate of drug-likeness (QED) is 0.793. The maximum atomic E-state index is 11.9. The van der Waals surface area contributed by atoms with E-state index in [1.807, 2.05) is 32.0 Å². The summed E-state index contributed by atoms with van der Waals surface area (Å²) in [5.41, 5.74) is 7.62. The SMILES string of the molecule is CC(C)Oc1ccccc1C1SCC(=O)NC2NNC(C)C21. The zero-order valence-corrected chi connectivity index (χ0v) is 13.9. The van der Waals surface area contributed by atoms with E-state index in [0.717, 1.165) is 5.75 Å². The van der Waals surface area contributed by atoms with Gasteiger partial charge in [-0.05, 0) is 26.8 Å². The number of carbonyl (C=O) groups excluding carboxylic acids is 1. The third kappa shape index (κ3) is 3.09. The van der Waals surface area contributed by atoms with E-state index in [2.05, 4.69) is 29.2 Å². The molecule has 5 nitrogen and oxygen atoms in total. The Hall–Kier alpha value is -1.24. The number of hydrogen-bond acceptors (Lipinski definition) is 5. The van der Waals surface area contributed by atoms with Crippen LogP contribution >= 0.6 is 11.8 Å². The number of para-hydroxylation sites is 1. The first kappa shape index (κ1) is 15.6. The van der Waals surface area contributed by atoms with Crippen molar-refractivity contribution >= 4 is 17.7 Å². The number of carbonyl (C=O) groups is 1. The summed E-state index contributed by atoms with van der Waals surface area (Å²) in [4.78, 5) is 11.9. The molecule has 1 amide bonds. The molecule has 0 saturated carbocycles. The van der Waals surface area contributed by atoms with Crippen LogP contribution in [0.5, 0.6) is 5.75 Å². The molecule has 120 valence electrons. The predicted octanol–water partition coefficient (Wildman–Crippen LogP) is 1.82. The molecule has 0 bridgehead atoms. The topological polar surface area (TPSA) is 62.4 Å². The summed E-state index contributed by atoms with van der Waals surface area (Å²) in [6.07, 6.45) is 0.0827. The van der Waals surface area contributed by atoms with Crippen molar-refractivity contribution in [2.45, 2.75) is 44.3 Å². The van der Waals surface area contributed by atoms with Crippen molar-refractivity contribution in [1.82, 2.24) is 16.2 Å². The molecule has 0 aromatic heterocycles. The van der Waals surface area contributed by atoms with Crippen LogP contribution in [-0.4, -0.2) is 30.0 Å². The number of ether oxygens (including phenoxy) is 1. The number of amides is 1. The normalized spacial score (nSPS) is 31.5. The highest BCUT2D eigenvalue weighted by Crippen LogP contribution is 2.45. The van der Waals surface area contributed by atoms with Gasteiger partial charge >= 0.3 is 0 Å². The predicted molar refractivity (Wildman–Crippen MR) is 88.6 cm³/mol. The van der Waals surface area contributed by atoms with Gasteiger partial charge in [0.1, 0.15) is 5.75 Å². The van der Waals surface area contributed by atoms with Crippen molar-refractivity contribution in [3.8, 4) is 5.75 Å². The number of hydrogen-bond donors (Lipinski definition) is 3. The molecular weight excluding hydrogens is 298 g/mol. The molecule has 1 aromatic rings. The Labute approximate surface area is 135 Å². The van der Waals surface area contributed by atoms with E-state index in [-0.39, 0.29) is 35.4 Å². The summed E-state index contributed by atoms with van der Waals surface area (Å²) in [5, 5.41) is 3.26. The molecule has 0 radical (unpaired) electrons. The molecule has 2 heterocycles. The van der Waals surface area contributed by atoms with E-state index in [4.69, 9.17) is 4.74 Å². The van der Waals surface area contributed by atoms with Gasteiger partial charge in [0, 0.05) is 22.8 Å². The number of nitrogens with one attached hydrogen (secondary N) is 3. The van der Waals surface area contributed by atoms with Gasteiger partial charge in [-0.2, -0.15) is 0 Å². The number of fused-ring (bicyclic) bond motifs is 1. The lowest BCUT2D eigenvalue weighted by molar-refractivity contribution is -0.119. The average Bonchev–Trinajstić information content (AvgIpc) is 2.73. The summed E-state index contributed by atoms with van der Waals surface area (Å²) >= 11 is 1.69. The fourth-order valence-electron chi connectivity index (χ4n) is 3.14. The Balaban J connectivity index is 1.96. The van der Waals surface area contributed by atoms with E-state index < -0.39 is 0 Å². The first-order valence-electron chi connectivity index (χ1n) is 7.74. The van der Waals surface area contributed by atoms with Gasteiger partial charge in [-0.3, -0.25) is 10.2 Å². The Bertz CT molecular complexity index is 552. The summed E-state index contributed by atoms with van der Waals surface area (Å²) in [6, 6.07) is 8.45. The van der Waals surface area contributed by atoms with E-state index in [1.165, 1.54) is 5.56 Å². The van der Waals surface area contributed by atoms with E-state index in [0.29, 0.717) is 5.75 Å². The summed E-state index contributed by atoms with van der Waals surface area (Å²) in [5.74, 6) is 1.74. The lowest BCUT2D eigenvalue weighted by atomic mass is 9.91. The van der Waals surface area contributed by atoms with Gasteiger partial charge in [0.05, 0.1) is 18.0 Å². The Morgan fingerprint density at radius 2 is 2.05 bits per heavy atom. The largest absolute Gasteiger partial charge is 0.491 e.